The molecule has 2 heterocycles. The summed E-state index contributed by atoms with van der Waals surface area (Å²) in [4.78, 5) is 20.9. The van der Waals surface area contributed by atoms with Gasteiger partial charge in [-0.3, -0.25) is 4.79 Å². The number of carbonyl (C=O) groups excluding carboxylic acids is 1. The van der Waals surface area contributed by atoms with Crippen LogP contribution in [0.25, 0.3) is 5.95 Å². The number of anilines is 1. The fourth-order valence-corrected chi connectivity index (χ4v) is 4.41. The van der Waals surface area contributed by atoms with E-state index < -0.39 is 21.5 Å². The Morgan fingerprint density at radius 2 is 1.83 bits per heavy atom. The highest BCUT2D eigenvalue weighted by Crippen LogP contribution is 2.25. The second-order valence-electron chi connectivity index (χ2n) is 7.84. The lowest BCUT2D eigenvalue weighted by Gasteiger charge is -2.13. The van der Waals surface area contributed by atoms with Gasteiger partial charge in [-0.15, -0.1) is 0 Å². The van der Waals surface area contributed by atoms with Gasteiger partial charge in [0.15, 0.2) is 9.84 Å². The van der Waals surface area contributed by atoms with E-state index in [2.05, 4.69) is 36.3 Å². The van der Waals surface area contributed by atoms with Crippen LogP contribution >= 0.6 is 15.9 Å². The normalized spacial score (nSPS) is 12.0. The average Bonchev–Trinajstić information content (AvgIpc) is 3.05. The quantitative estimate of drug-likeness (QED) is 0.566. The van der Waals surface area contributed by atoms with E-state index in [1.165, 1.54) is 4.68 Å². The molecule has 158 valence electrons. The topological polar surface area (TPSA) is 107 Å². The number of amides is 1. The number of hydrogen-bond donors (Lipinski definition) is 1. The predicted octanol–water partition coefficient (Wildman–Crippen LogP) is 3.28. The first-order chi connectivity index (χ1) is 14.0. The fraction of sp³-hybridized carbons (Fsp3) is 0.300. The Morgan fingerprint density at radius 1 is 1.13 bits per heavy atom. The predicted molar refractivity (Wildman–Crippen MR) is 118 cm³/mol. The smallest absolute Gasteiger partial charge is 0.252 e. The van der Waals surface area contributed by atoms with Crippen molar-refractivity contribution in [1.82, 2.24) is 19.7 Å². The summed E-state index contributed by atoms with van der Waals surface area (Å²) in [5.41, 5.74) is 1.03. The highest BCUT2D eigenvalue weighted by Gasteiger charge is 2.24. The molecule has 0 unspecified atom stereocenters. The fourth-order valence-electron chi connectivity index (χ4n) is 2.70. The van der Waals surface area contributed by atoms with E-state index in [0.717, 1.165) is 4.47 Å². The number of carbonyl (C=O) groups is 1. The lowest BCUT2D eigenvalue weighted by Crippen LogP contribution is -2.25. The van der Waals surface area contributed by atoms with Crippen LogP contribution in [-0.4, -0.2) is 39.8 Å². The molecular weight excluding hydrogens is 470 g/mol. The first kappa shape index (κ1) is 22.1. The maximum atomic E-state index is 12.5. The van der Waals surface area contributed by atoms with Crippen LogP contribution in [0, 0.1) is 0 Å². The molecule has 1 aromatic carbocycles. The van der Waals surface area contributed by atoms with Gasteiger partial charge in [-0.05, 0) is 23.8 Å². The minimum absolute atomic E-state index is 0.228. The van der Waals surface area contributed by atoms with Crippen LogP contribution in [0.4, 0.5) is 5.82 Å². The number of hydrogen-bond acceptors (Lipinski definition) is 6. The van der Waals surface area contributed by atoms with Gasteiger partial charge in [0, 0.05) is 28.3 Å². The molecule has 0 spiro atoms. The molecule has 0 bridgehead atoms. The third-order valence-electron chi connectivity index (χ3n) is 4.11. The zero-order valence-corrected chi connectivity index (χ0v) is 19.2. The van der Waals surface area contributed by atoms with Crippen molar-refractivity contribution in [3.05, 3.63) is 64.5 Å². The zero-order valence-electron chi connectivity index (χ0n) is 16.8. The molecule has 3 aromatic rings. The molecular formula is C20H22BrN5O3S. The monoisotopic (exact) mass is 491 g/mol. The van der Waals surface area contributed by atoms with Crippen LogP contribution in [0.1, 0.15) is 32.0 Å². The molecule has 30 heavy (non-hydrogen) atoms. The number of sulfone groups is 1. The van der Waals surface area contributed by atoms with E-state index in [9.17, 15) is 13.2 Å². The maximum absolute atomic E-state index is 12.5. The van der Waals surface area contributed by atoms with Crippen LogP contribution in [0.15, 0.2) is 53.3 Å². The summed E-state index contributed by atoms with van der Waals surface area (Å²) in [6.45, 7) is 5.96. The largest absolute Gasteiger partial charge is 0.310 e. The van der Waals surface area contributed by atoms with E-state index in [0.29, 0.717) is 17.1 Å². The number of nitrogens with one attached hydrogen (secondary N) is 1. The summed E-state index contributed by atoms with van der Waals surface area (Å²) in [6, 6.07) is 10.4. The van der Waals surface area contributed by atoms with Crippen LogP contribution in [0.3, 0.4) is 0 Å². The van der Waals surface area contributed by atoms with Crippen molar-refractivity contribution in [2.24, 2.45) is 0 Å². The van der Waals surface area contributed by atoms with Crippen molar-refractivity contribution in [3.8, 4) is 5.95 Å². The first-order valence-electron chi connectivity index (χ1n) is 9.16. The molecule has 2 aromatic heterocycles. The van der Waals surface area contributed by atoms with E-state index in [1.807, 2.05) is 26.8 Å². The third-order valence-corrected chi connectivity index (χ3v) is 6.08. The number of halogens is 1. The Hall–Kier alpha value is -2.59. The minimum atomic E-state index is -3.66. The third kappa shape index (κ3) is 5.73. The number of aromatic nitrogens is 4. The minimum Gasteiger partial charge on any atom is -0.310 e. The summed E-state index contributed by atoms with van der Waals surface area (Å²) in [6.07, 6.45) is 3.13. The van der Waals surface area contributed by atoms with Gasteiger partial charge in [0.2, 0.25) is 5.91 Å². The highest BCUT2D eigenvalue weighted by atomic mass is 79.9. The van der Waals surface area contributed by atoms with Gasteiger partial charge < -0.3 is 5.32 Å². The number of benzene rings is 1. The van der Waals surface area contributed by atoms with Crippen LogP contribution in [-0.2, 0) is 25.8 Å². The summed E-state index contributed by atoms with van der Waals surface area (Å²) in [5.74, 6) is -0.934. The average molecular weight is 492 g/mol. The summed E-state index contributed by atoms with van der Waals surface area (Å²) < 4.78 is 27.2. The lowest BCUT2D eigenvalue weighted by atomic mass is 9.92. The van der Waals surface area contributed by atoms with E-state index in [1.54, 1.807) is 42.7 Å². The SMILES string of the molecule is CC(C)(C)c1cc(NC(=O)CS(=O)(=O)Cc2cccc(Br)c2)n(-c2ncccn2)n1. The summed E-state index contributed by atoms with van der Waals surface area (Å²) in [5, 5.41) is 7.15. The second kappa shape index (κ2) is 8.65. The first-order valence-corrected chi connectivity index (χ1v) is 11.8. The molecule has 0 radical (unpaired) electrons. The summed E-state index contributed by atoms with van der Waals surface area (Å²) >= 11 is 3.32. The molecule has 0 atom stereocenters. The molecule has 0 aliphatic heterocycles. The van der Waals surface area contributed by atoms with E-state index >= 15 is 0 Å². The van der Waals surface area contributed by atoms with Crippen molar-refractivity contribution in [1.29, 1.82) is 0 Å². The van der Waals surface area contributed by atoms with Crippen LogP contribution < -0.4 is 5.32 Å². The summed E-state index contributed by atoms with van der Waals surface area (Å²) in [7, 11) is -3.66. The van der Waals surface area contributed by atoms with Gasteiger partial charge in [0.05, 0.1) is 11.4 Å². The molecule has 0 aliphatic rings. The Bertz CT molecular complexity index is 1150. The molecule has 3 rings (SSSR count). The second-order valence-corrected chi connectivity index (χ2v) is 10.8. The molecule has 0 aliphatic carbocycles. The van der Waals surface area contributed by atoms with E-state index in [4.69, 9.17) is 0 Å². The molecule has 10 heteroatoms. The Balaban J connectivity index is 1.81. The van der Waals surface area contributed by atoms with Crippen LogP contribution in [0.2, 0.25) is 0 Å². The van der Waals surface area contributed by atoms with Gasteiger partial charge in [0.25, 0.3) is 5.95 Å². The highest BCUT2D eigenvalue weighted by molar-refractivity contribution is 9.10. The number of nitrogens with zero attached hydrogens (tertiary/aromatic N) is 4. The van der Waals surface area contributed by atoms with Crippen molar-refractivity contribution >= 4 is 37.5 Å². The van der Waals surface area contributed by atoms with Crippen molar-refractivity contribution < 1.29 is 13.2 Å². The Morgan fingerprint density at radius 3 is 2.47 bits per heavy atom. The van der Waals surface area contributed by atoms with Crippen molar-refractivity contribution in [2.45, 2.75) is 31.9 Å². The Labute approximate surface area is 183 Å². The van der Waals surface area contributed by atoms with Gasteiger partial charge >= 0.3 is 0 Å². The lowest BCUT2D eigenvalue weighted by molar-refractivity contribution is -0.113. The van der Waals surface area contributed by atoms with Gasteiger partial charge in [-0.25, -0.2) is 18.4 Å². The van der Waals surface area contributed by atoms with Gasteiger partial charge in [-0.1, -0.05) is 48.8 Å². The van der Waals surface area contributed by atoms with Gasteiger partial charge in [-0.2, -0.15) is 9.78 Å². The standard InChI is InChI=1S/C20H22BrN5O3S/c1-20(2,3)16-11-17(26(25-16)19-22-8-5-9-23-19)24-18(27)13-30(28,29)12-14-6-4-7-15(21)10-14/h4-11H,12-13H2,1-3H3,(H,24,27). The molecule has 1 N–H and O–H groups in total. The number of rotatable bonds is 6. The van der Waals surface area contributed by atoms with Crippen LogP contribution in [0.5, 0.6) is 0 Å². The molecule has 0 fully saturated rings. The molecule has 0 saturated carbocycles. The molecule has 8 nitrogen and oxygen atoms in total. The maximum Gasteiger partial charge on any atom is 0.252 e. The zero-order chi connectivity index (χ0) is 21.9. The van der Waals surface area contributed by atoms with Crippen molar-refractivity contribution in [3.63, 3.8) is 0 Å². The molecule has 1 amide bonds. The van der Waals surface area contributed by atoms with E-state index in [-0.39, 0.29) is 17.1 Å². The molecule has 0 saturated heterocycles. The Kier molecular flexibility index (Phi) is 6.37. The van der Waals surface area contributed by atoms with Gasteiger partial charge in [0.1, 0.15) is 11.6 Å². The van der Waals surface area contributed by atoms with Crippen molar-refractivity contribution in [2.75, 3.05) is 11.1 Å².